The smallest absolute Gasteiger partial charge is 0.240 e. The SMILES string of the molecule is C[C@@H](NC(=O)Cn1c(N)nnc1SCc1ccccc1)c1ccccc1. The maximum absolute atomic E-state index is 12.4. The molecule has 0 aliphatic rings. The van der Waals surface area contributed by atoms with Gasteiger partial charge in [-0.2, -0.15) is 0 Å². The molecule has 1 amide bonds. The van der Waals surface area contributed by atoms with E-state index in [0.717, 1.165) is 11.3 Å². The van der Waals surface area contributed by atoms with Crippen LogP contribution in [0.3, 0.4) is 0 Å². The van der Waals surface area contributed by atoms with Crippen molar-refractivity contribution >= 4 is 23.6 Å². The normalized spacial score (nSPS) is 11.9. The molecule has 7 heteroatoms. The van der Waals surface area contributed by atoms with Crippen LogP contribution in [0.4, 0.5) is 5.95 Å². The quantitative estimate of drug-likeness (QED) is 0.627. The number of anilines is 1. The monoisotopic (exact) mass is 367 g/mol. The van der Waals surface area contributed by atoms with Gasteiger partial charge in [-0.05, 0) is 18.1 Å². The first kappa shape index (κ1) is 18.0. The molecular formula is C19H21N5OS. The highest BCUT2D eigenvalue weighted by Crippen LogP contribution is 2.22. The molecule has 0 unspecified atom stereocenters. The highest BCUT2D eigenvalue weighted by Gasteiger charge is 2.15. The van der Waals surface area contributed by atoms with Gasteiger partial charge in [0.2, 0.25) is 11.9 Å². The molecule has 0 aliphatic carbocycles. The number of benzene rings is 2. The van der Waals surface area contributed by atoms with Gasteiger partial charge in [0.05, 0.1) is 6.04 Å². The van der Waals surface area contributed by atoms with Crippen LogP contribution in [0.25, 0.3) is 0 Å². The molecule has 0 saturated heterocycles. The number of rotatable bonds is 7. The van der Waals surface area contributed by atoms with Gasteiger partial charge in [-0.1, -0.05) is 72.4 Å². The Balaban J connectivity index is 1.62. The summed E-state index contributed by atoms with van der Waals surface area (Å²) in [6, 6.07) is 19.8. The second-order valence-corrected chi connectivity index (χ2v) is 6.84. The number of hydrogen-bond acceptors (Lipinski definition) is 5. The molecule has 0 spiro atoms. The predicted octanol–water partition coefficient (Wildman–Crippen LogP) is 3.03. The van der Waals surface area contributed by atoms with E-state index >= 15 is 0 Å². The molecule has 6 nitrogen and oxygen atoms in total. The molecule has 3 aromatic rings. The van der Waals surface area contributed by atoms with E-state index in [1.165, 1.54) is 17.3 Å². The number of nitrogens with zero attached hydrogens (tertiary/aromatic N) is 3. The first-order valence-electron chi connectivity index (χ1n) is 8.33. The van der Waals surface area contributed by atoms with Gasteiger partial charge in [0, 0.05) is 5.75 Å². The van der Waals surface area contributed by atoms with Crippen molar-refractivity contribution in [2.24, 2.45) is 0 Å². The molecular weight excluding hydrogens is 346 g/mol. The van der Waals surface area contributed by atoms with Crippen molar-refractivity contribution in [3.05, 3.63) is 71.8 Å². The molecule has 134 valence electrons. The average Bonchev–Trinajstić information content (AvgIpc) is 3.01. The molecule has 1 atom stereocenters. The number of thioether (sulfide) groups is 1. The summed E-state index contributed by atoms with van der Waals surface area (Å²) in [4.78, 5) is 12.4. The Kier molecular flexibility index (Phi) is 5.91. The number of hydrogen-bond donors (Lipinski definition) is 2. The van der Waals surface area contributed by atoms with Crippen LogP contribution in [0, 0.1) is 0 Å². The summed E-state index contributed by atoms with van der Waals surface area (Å²) in [5.74, 6) is 0.846. The van der Waals surface area contributed by atoms with Crippen LogP contribution in [0.1, 0.15) is 24.1 Å². The molecule has 0 bridgehead atoms. The zero-order valence-electron chi connectivity index (χ0n) is 14.5. The van der Waals surface area contributed by atoms with Gasteiger partial charge >= 0.3 is 0 Å². The second-order valence-electron chi connectivity index (χ2n) is 5.90. The van der Waals surface area contributed by atoms with Gasteiger partial charge in [0.25, 0.3) is 0 Å². The Morgan fingerprint density at radius 2 is 1.77 bits per heavy atom. The van der Waals surface area contributed by atoms with E-state index in [9.17, 15) is 4.79 Å². The van der Waals surface area contributed by atoms with E-state index in [1.54, 1.807) is 4.57 Å². The number of carbonyl (C=O) groups is 1. The largest absolute Gasteiger partial charge is 0.368 e. The van der Waals surface area contributed by atoms with Crippen molar-refractivity contribution < 1.29 is 4.79 Å². The Hall–Kier alpha value is -2.80. The first-order chi connectivity index (χ1) is 12.6. The Morgan fingerprint density at radius 3 is 2.46 bits per heavy atom. The third-order valence-corrected chi connectivity index (χ3v) is 4.97. The van der Waals surface area contributed by atoms with Gasteiger partial charge in [-0.15, -0.1) is 10.2 Å². The topological polar surface area (TPSA) is 85.8 Å². The number of carbonyl (C=O) groups excluding carboxylic acids is 1. The Morgan fingerprint density at radius 1 is 1.12 bits per heavy atom. The number of nitrogens with one attached hydrogen (secondary N) is 1. The number of nitrogens with two attached hydrogens (primary N) is 1. The molecule has 26 heavy (non-hydrogen) atoms. The minimum Gasteiger partial charge on any atom is -0.368 e. The Bertz CT molecular complexity index is 851. The number of amides is 1. The maximum atomic E-state index is 12.4. The van der Waals surface area contributed by atoms with Crippen molar-refractivity contribution in [3.8, 4) is 0 Å². The Labute approximate surface area is 156 Å². The molecule has 0 aliphatic heterocycles. The molecule has 0 radical (unpaired) electrons. The summed E-state index contributed by atoms with van der Waals surface area (Å²) >= 11 is 1.51. The van der Waals surface area contributed by atoms with Crippen molar-refractivity contribution in [1.29, 1.82) is 0 Å². The van der Waals surface area contributed by atoms with Gasteiger partial charge in [0.15, 0.2) is 5.16 Å². The van der Waals surface area contributed by atoms with E-state index < -0.39 is 0 Å². The van der Waals surface area contributed by atoms with Crippen LogP contribution in [0.2, 0.25) is 0 Å². The third-order valence-electron chi connectivity index (χ3n) is 3.94. The lowest BCUT2D eigenvalue weighted by atomic mass is 10.1. The lowest BCUT2D eigenvalue weighted by Gasteiger charge is -2.15. The lowest BCUT2D eigenvalue weighted by molar-refractivity contribution is -0.122. The molecule has 0 fully saturated rings. The molecule has 3 N–H and O–H groups in total. The summed E-state index contributed by atoms with van der Waals surface area (Å²) < 4.78 is 1.64. The lowest BCUT2D eigenvalue weighted by Crippen LogP contribution is -2.30. The minimum atomic E-state index is -0.130. The van der Waals surface area contributed by atoms with E-state index in [0.29, 0.717) is 5.16 Å². The van der Waals surface area contributed by atoms with Gasteiger partial charge in [-0.3, -0.25) is 9.36 Å². The highest BCUT2D eigenvalue weighted by molar-refractivity contribution is 7.98. The van der Waals surface area contributed by atoms with Crippen LogP contribution in [0.15, 0.2) is 65.8 Å². The van der Waals surface area contributed by atoms with Crippen LogP contribution in [-0.2, 0) is 17.1 Å². The predicted molar refractivity (Wildman–Crippen MR) is 103 cm³/mol. The fraction of sp³-hybridized carbons (Fsp3) is 0.211. The van der Waals surface area contributed by atoms with Crippen LogP contribution < -0.4 is 11.1 Å². The average molecular weight is 367 g/mol. The highest BCUT2D eigenvalue weighted by atomic mass is 32.2. The third kappa shape index (κ3) is 4.64. The van der Waals surface area contributed by atoms with E-state index in [4.69, 9.17) is 5.73 Å². The first-order valence-corrected chi connectivity index (χ1v) is 9.32. The van der Waals surface area contributed by atoms with E-state index in [1.807, 2.05) is 67.6 Å². The molecule has 3 rings (SSSR count). The molecule has 0 saturated carbocycles. The fourth-order valence-electron chi connectivity index (χ4n) is 2.53. The summed E-state index contributed by atoms with van der Waals surface area (Å²) in [6.07, 6.45) is 0. The van der Waals surface area contributed by atoms with Crippen molar-refractivity contribution in [2.45, 2.75) is 30.4 Å². The molecule has 1 aromatic heterocycles. The van der Waals surface area contributed by atoms with Crippen LogP contribution >= 0.6 is 11.8 Å². The van der Waals surface area contributed by atoms with Crippen molar-refractivity contribution in [1.82, 2.24) is 20.1 Å². The minimum absolute atomic E-state index is 0.0816. The van der Waals surface area contributed by atoms with Crippen molar-refractivity contribution in [3.63, 3.8) is 0 Å². The van der Waals surface area contributed by atoms with E-state index in [-0.39, 0.29) is 24.4 Å². The fourth-order valence-corrected chi connectivity index (χ4v) is 3.43. The summed E-state index contributed by atoms with van der Waals surface area (Å²) in [6.45, 7) is 2.04. The number of aromatic nitrogens is 3. The summed E-state index contributed by atoms with van der Waals surface area (Å²) in [5, 5.41) is 11.6. The van der Waals surface area contributed by atoms with Gasteiger partial charge < -0.3 is 11.1 Å². The molecule has 2 aromatic carbocycles. The zero-order valence-corrected chi connectivity index (χ0v) is 15.3. The summed E-state index contributed by atoms with van der Waals surface area (Å²) in [7, 11) is 0. The second kappa shape index (κ2) is 8.53. The van der Waals surface area contributed by atoms with Gasteiger partial charge in [-0.25, -0.2) is 0 Å². The maximum Gasteiger partial charge on any atom is 0.240 e. The molecule has 1 heterocycles. The van der Waals surface area contributed by atoms with Crippen molar-refractivity contribution in [2.75, 3.05) is 5.73 Å². The zero-order chi connectivity index (χ0) is 18.4. The summed E-state index contributed by atoms with van der Waals surface area (Å²) in [5.41, 5.74) is 8.12. The number of nitrogen functional groups attached to an aromatic ring is 1. The standard InChI is InChI=1S/C19H21N5OS/c1-14(16-10-6-3-7-11-16)21-17(25)12-24-18(20)22-23-19(24)26-13-15-8-4-2-5-9-15/h2-11,14H,12-13H2,1H3,(H2,20,22)(H,21,25)/t14-/m1/s1. The van der Waals surface area contributed by atoms with E-state index in [2.05, 4.69) is 15.5 Å². The van der Waals surface area contributed by atoms with Crippen LogP contribution in [-0.4, -0.2) is 20.7 Å². The van der Waals surface area contributed by atoms with Crippen LogP contribution in [0.5, 0.6) is 0 Å². The van der Waals surface area contributed by atoms with Gasteiger partial charge in [0.1, 0.15) is 6.54 Å².